The molecule has 228 valence electrons. The highest BCUT2D eigenvalue weighted by Gasteiger charge is 2.42. The van der Waals surface area contributed by atoms with Crippen molar-refractivity contribution in [3.05, 3.63) is 76.8 Å². The summed E-state index contributed by atoms with van der Waals surface area (Å²) in [6.07, 6.45) is 6.12. The number of halogens is 1. The lowest BCUT2D eigenvalue weighted by Gasteiger charge is -2.41. The molecule has 6 rings (SSSR count). The van der Waals surface area contributed by atoms with Gasteiger partial charge in [-0.3, -0.25) is 9.80 Å². The summed E-state index contributed by atoms with van der Waals surface area (Å²) < 4.78 is 7.72. The van der Waals surface area contributed by atoms with Crippen molar-refractivity contribution in [3.63, 3.8) is 0 Å². The SMILES string of the molecule is CCOC(=O)N1CCc2c(nc(C)n2[C@@H]2C[C@H]3CC[C@@H](C2)N3CCCN(C(=O)Nc2ccc(Cl)cc2)c2ccccc2)C1. The molecule has 10 heteroatoms. The Balaban J connectivity index is 1.08. The number of rotatable bonds is 8. The molecular formula is C33H41ClN6O3. The van der Waals surface area contributed by atoms with Gasteiger partial charge in [0.1, 0.15) is 5.82 Å². The second kappa shape index (κ2) is 13.0. The lowest BCUT2D eigenvalue weighted by molar-refractivity contribution is 0.0980. The van der Waals surface area contributed by atoms with Crippen LogP contribution < -0.4 is 10.2 Å². The maximum Gasteiger partial charge on any atom is 0.410 e. The molecule has 2 saturated heterocycles. The highest BCUT2D eigenvalue weighted by Crippen LogP contribution is 2.42. The van der Waals surface area contributed by atoms with E-state index < -0.39 is 0 Å². The van der Waals surface area contributed by atoms with Crippen molar-refractivity contribution < 1.29 is 14.3 Å². The van der Waals surface area contributed by atoms with E-state index in [1.54, 1.807) is 17.0 Å². The third-order valence-electron chi connectivity index (χ3n) is 9.19. The van der Waals surface area contributed by atoms with E-state index in [2.05, 4.69) is 21.7 Å². The van der Waals surface area contributed by atoms with Gasteiger partial charge >= 0.3 is 12.1 Å². The van der Waals surface area contributed by atoms with Gasteiger partial charge in [-0.25, -0.2) is 14.6 Å². The molecule has 3 atom stereocenters. The first-order chi connectivity index (χ1) is 20.9. The van der Waals surface area contributed by atoms with Gasteiger partial charge in [-0.2, -0.15) is 0 Å². The van der Waals surface area contributed by atoms with Crippen molar-refractivity contribution in [1.82, 2.24) is 19.4 Å². The molecule has 1 aromatic heterocycles. The van der Waals surface area contributed by atoms with E-state index in [9.17, 15) is 9.59 Å². The first-order valence-electron chi connectivity index (χ1n) is 15.5. The van der Waals surface area contributed by atoms with Gasteiger partial charge in [-0.15, -0.1) is 0 Å². The Kier molecular flexibility index (Phi) is 8.90. The number of amides is 3. The third-order valence-corrected chi connectivity index (χ3v) is 9.44. The fourth-order valence-corrected chi connectivity index (χ4v) is 7.43. The van der Waals surface area contributed by atoms with E-state index in [1.165, 1.54) is 18.5 Å². The Labute approximate surface area is 258 Å². The van der Waals surface area contributed by atoms with Crippen LogP contribution in [0.2, 0.25) is 5.02 Å². The minimum atomic E-state index is -0.250. The highest BCUT2D eigenvalue weighted by atomic mass is 35.5. The van der Waals surface area contributed by atoms with Crippen LogP contribution in [-0.2, 0) is 17.7 Å². The average Bonchev–Trinajstić information content (AvgIpc) is 3.46. The van der Waals surface area contributed by atoms with Crippen molar-refractivity contribution in [2.45, 2.75) is 77.0 Å². The van der Waals surface area contributed by atoms with E-state index in [1.807, 2.05) is 54.3 Å². The molecule has 2 bridgehead atoms. The van der Waals surface area contributed by atoms with Crippen LogP contribution in [0.25, 0.3) is 0 Å². The van der Waals surface area contributed by atoms with Crippen LogP contribution in [0.4, 0.5) is 21.0 Å². The van der Waals surface area contributed by atoms with Gasteiger partial charge in [0.15, 0.2) is 0 Å². The summed E-state index contributed by atoms with van der Waals surface area (Å²) in [6, 6.07) is 18.4. The van der Waals surface area contributed by atoms with Crippen LogP contribution in [0, 0.1) is 6.92 Å². The number of aromatic nitrogens is 2. The standard InChI is InChI=1S/C33H41ClN6O3/c1-3-43-33(42)37-19-16-31-30(22-37)35-23(2)40(31)29-20-27-14-15-28(21-29)38(27)17-7-18-39(26-8-5-4-6-9-26)32(41)36-25-12-10-24(34)11-13-25/h4-6,8-13,27-29H,3,7,14-22H2,1-2H3,(H,36,41)/t27-,28+,29-. The Morgan fingerprint density at radius 2 is 1.77 bits per heavy atom. The predicted octanol–water partition coefficient (Wildman–Crippen LogP) is 6.66. The molecule has 0 aliphatic carbocycles. The van der Waals surface area contributed by atoms with Crippen LogP contribution in [0.1, 0.15) is 62.3 Å². The Hall–Kier alpha value is -3.56. The van der Waals surface area contributed by atoms with Crippen LogP contribution in [0.5, 0.6) is 0 Å². The molecule has 0 unspecified atom stereocenters. The number of benzene rings is 2. The van der Waals surface area contributed by atoms with Crippen molar-refractivity contribution >= 4 is 35.1 Å². The van der Waals surface area contributed by atoms with Gasteiger partial charge in [-0.05, 0) is 82.3 Å². The van der Waals surface area contributed by atoms with E-state index in [0.29, 0.717) is 49.4 Å². The van der Waals surface area contributed by atoms with Crippen molar-refractivity contribution in [1.29, 1.82) is 0 Å². The fraction of sp³-hybridized carbons (Fsp3) is 0.485. The maximum atomic E-state index is 13.4. The number of urea groups is 1. The summed E-state index contributed by atoms with van der Waals surface area (Å²) in [5.74, 6) is 1.05. The third kappa shape index (κ3) is 6.38. The molecular weight excluding hydrogens is 564 g/mol. The number of hydrogen-bond acceptors (Lipinski definition) is 5. The second-order valence-corrected chi connectivity index (χ2v) is 12.3. The van der Waals surface area contributed by atoms with E-state index in [4.69, 9.17) is 21.3 Å². The second-order valence-electron chi connectivity index (χ2n) is 11.8. The van der Waals surface area contributed by atoms with E-state index in [-0.39, 0.29) is 12.1 Å². The number of carbonyl (C=O) groups is 2. The number of nitrogens with one attached hydrogen (secondary N) is 1. The quantitative estimate of drug-likeness (QED) is 0.311. The van der Waals surface area contributed by atoms with Crippen molar-refractivity contribution in [2.24, 2.45) is 0 Å². The van der Waals surface area contributed by atoms with Crippen LogP contribution in [0.3, 0.4) is 0 Å². The van der Waals surface area contributed by atoms with Gasteiger partial charge in [0.25, 0.3) is 0 Å². The number of carbonyl (C=O) groups excluding carboxylic acids is 2. The van der Waals surface area contributed by atoms with Gasteiger partial charge in [0.05, 0.1) is 18.8 Å². The highest BCUT2D eigenvalue weighted by molar-refractivity contribution is 6.30. The van der Waals surface area contributed by atoms with Crippen LogP contribution >= 0.6 is 11.6 Å². The molecule has 0 radical (unpaired) electrons. The van der Waals surface area contributed by atoms with E-state index >= 15 is 0 Å². The molecule has 3 aliphatic heterocycles. The first kappa shape index (κ1) is 29.5. The zero-order valence-corrected chi connectivity index (χ0v) is 25.8. The zero-order valence-electron chi connectivity index (χ0n) is 25.0. The fourth-order valence-electron chi connectivity index (χ4n) is 7.31. The summed E-state index contributed by atoms with van der Waals surface area (Å²) in [5.41, 5.74) is 3.92. The molecule has 9 nitrogen and oxygen atoms in total. The summed E-state index contributed by atoms with van der Waals surface area (Å²) >= 11 is 6.03. The van der Waals surface area contributed by atoms with Gasteiger partial charge in [0, 0.05) is 66.3 Å². The summed E-state index contributed by atoms with van der Waals surface area (Å²) in [7, 11) is 0. The maximum absolute atomic E-state index is 13.4. The summed E-state index contributed by atoms with van der Waals surface area (Å²) in [5, 5.41) is 3.67. The Morgan fingerprint density at radius 3 is 2.47 bits per heavy atom. The molecule has 2 fully saturated rings. The molecule has 1 N–H and O–H groups in total. The summed E-state index contributed by atoms with van der Waals surface area (Å²) in [6.45, 7) is 7.13. The number of anilines is 2. The minimum Gasteiger partial charge on any atom is -0.450 e. The van der Waals surface area contributed by atoms with Crippen LogP contribution in [-0.4, -0.2) is 69.8 Å². The number of ether oxygens (including phenoxy) is 1. The molecule has 3 aliphatic rings. The number of nitrogens with zero attached hydrogens (tertiary/aromatic N) is 5. The molecule has 0 spiro atoms. The normalized spacial score (nSPS) is 21.4. The number of fused-ring (bicyclic) bond motifs is 3. The molecule has 2 aromatic carbocycles. The lowest BCUT2D eigenvalue weighted by atomic mass is 9.95. The Bertz CT molecular complexity index is 1410. The predicted molar refractivity (Wildman–Crippen MR) is 169 cm³/mol. The number of para-hydroxylation sites is 1. The van der Waals surface area contributed by atoms with Gasteiger partial charge in [-0.1, -0.05) is 29.8 Å². The molecule has 0 saturated carbocycles. The molecule has 43 heavy (non-hydrogen) atoms. The summed E-state index contributed by atoms with van der Waals surface area (Å²) in [4.78, 5) is 36.9. The largest absolute Gasteiger partial charge is 0.450 e. The van der Waals surface area contributed by atoms with Gasteiger partial charge < -0.3 is 19.5 Å². The molecule has 4 heterocycles. The smallest absolute Gasteiger partial charge is 0.410 e. The number of aryl methyl sites for hydroxylation is 1. The Morgan fingerprint density at radius 1 is 1.05 bits per heavy atom. The van der Waals surface area contributed by atoms with Crippen LogP contribution in [0.15, 0.2) is 54.6 Å². The van der Waals surface area contributed by atoms with Gasteiger partial charge in [0.2, 0.25) is 0 Å². The number of piperidine rings is 1. The number of imidazole rings is 1. The van der Waals surface area contributed by atoms with Crippen molar-refractivity contribution in [3.8, 4) is 0 Å². The minimum absolute atomic E-state index is 0.142. The molecule has 3 aromatic rings. The molecule has 3 amide bonds. The lowest BCUT2D eigenvalue weighted by Crippen LogP contribution is -2.45. The number of hydrogen-bond donors (Lipinski definition) is 1. The first-order valence-corrected chi connectivity index (χ1v) is 15.9. The monoisotopic (exact) mass is 604 g/mol. The average molecular weight is 605 g/mol. The van der Waals surface area contributed by atoms with Crippen molar-refractivity contribution in [2.75, 3.05) is 36.5 Å². The topological polar surface area (TPSA) is 82.9 Å². The van der Waals surface area contributed by atoms with E-state index in [0.717, 1.165) is 55.1 Å². The zero-order chi connectivity index (χ0) is 29.9.